The second kappa shape index (κ2) is 50.3. The first-order valence-electron chi connectivity index (χ1n) is 29.1. The molecule has 65 heavy (non-hydrogen) atoms. The standard InChI is InChI=1S/C59H114O6/c1-7-55(6)47-41-35-29-23-19-14-12-10-8-9-11-13-15-20-24-30-36-42-48-57(60)63-51-56(65-59(62)50-44-38-32-26-28-34-40-46-54(4)5)52-64-58(61)49-43-37-31-25-21-17-16-18-22-27-33-39-45-53(2)3/h53-56H,7-52H2,1-6H3/t55?,56-/m0/s1. The van der Waals surface area contributed by atoms with Gasteiger partial charge in [-0.05, 0) is 37.0 Å². The molecule has 0 aliphatic rings. The Morgan fingerprint density at radius 1 is 0.308 bits per heavy atom. The molecule has 0 aromatic carbocycles. The molecule has 386 valence electrons. The van der Waals surface area contributed by atoms with Crippen LogP contribution >= 0.6 is 0 Å². The molecule has 0 rings (SSSR count). The SMILES string of the molecule is CCC(C)CCCCCCCCCCCCCCCCCCCCC(=O)OC[C@@H](COC(=O)CCCCCCCCCCCCCCC(C)C)OC(=O)CCCCCCCCCC(C)C. The van der Waals surface area contributed by atoms with Crippen molar-refractivity contribution in [2.45, 2.75) is 330 Å². The number of esters is 3. The van der Waals surface area contributed by atoms with Crippen LogP contribution in [0.5, 0.6) is 0 Å². The van der Waals surface area contributed by atoms with E-state index < -0.39 is 6.10 Å². The van der Waals surface area contributed by atoms with E-state index in [-0.39, 0.29) is 31.1 Å². The molecule has 0 heterocycles. The maximum atomic E-state index is 12.8. The summed E-state index contributed by atoms with van der Waals surface area (Å²) in [7, 11) is 0. The number of carbonyl (C=O) groups excluding carboxylic acids is 3. The number of unbranched alkanes of at least 4 members (excludes halogenated alkanes) is 34. The lowest BCUT2D eigenvalue weighted by Crippen LogP contribution is -2.30. The molecule has 0 bridgehead atoms. The summed E-state index contributed by atoms with van der Waals surface area (Å²) in [6.07, 6.45) is 52.5. The van der Waals surface area contributed by atoms with E-state index in [0.29, 0.717) is 19.3 Å². The summed E-state index contributed by atoms with van der Waals surface area (Å²) >= 11 is 0. The first kappa shape index (κ1) is 63.4. The highest BCUT2D eigenvalue weighted by Gasteiger charge is 2.19. The summed E-state index contributed by atoms with van der Waals surface area (Å²) in [5, 5.41) is 0. The molecule has 6 heteroatoms. The zero-order valence-electron chi connectivity index (χ0n) is 44.8. The Bertz CT molecular complexity index is 1010. The molecule has 2 atom stereocenters. The zero-order chi connectivity index (χ0) is 47.7. The quantitative estimate of drug-likeness (QED) is 0.0344. The first-order valence-corrected chi connectivity index (χ1v) is 29.1. The van der Waals surface area contributed by atoms with Gasteiger partial charge in [-0.3, -0.25) is 14.4 Å². The van der Waals surface area contributed by atoms with E-state index in [1.54, 1.807) is 0 Å². The van der Waals surface area contributed by atoms with Crippen LogP contribution in [-0.4, -0.2) is 37.2 Å². The van der Waals surface area contributed by atoms with Crippen molar-refractivity contribution in [3.63, 3.8) is 0 Å². The van der Waals surface area contributed by atoms with Gasteiger partial charge in [0, 0.05) is 19.3 Å². The summed E-state index contributed by atoms with van der Waals surface area (Å²) in [6.45, 7) is 13.8. The summed E-state index contributed by atoms with van der Waals surface area (Å²) in [4.78, 5) is 38.1. The predicted octanol–water partition coefficient (Wildman–Crippen LogP) is 19.1. The van der Waals surface area contributed by atoms with E-state index in [9.17, 15) is 14.4 Å². The van der Waals surface area contributed by atoms with E-state index in [2.05, 4.69) is 41.5 Å². The van der Waals surface area contributed by atoms with Gasteiger partial charge in [-0.2, -0.15) is 0 Å². The molecule has 0 fully saturated rings. The summed E-state index contributed by atoms with van der Waals surface area (Å²) < 4.78 is 16.9. The van der Waals surface area contributed by atoms with Gasteiger partial charge in [-0.25, -0.2) is 0 Å². The molecule has 6 nitrogen and oxygen atoms in total. The van der Waals surface area contributed by atoms with Gasteiger partial charge >= 0.3 is 17.9 Å². The van der Waals surface area contributed by atoms with Crippen molar-refractivity contribution < 1.29 is 28.6 Å². The molecule has 0 spiro atoms. The van der Waals surface area contributed by atoms with Gasteiger partial charge in [-0.15, -0.1) is 0 Å². The zero-order valence-corrected chi connectivity index (χ0v) is 44.8. The van der Waals surface area contributed by atoms with Crippen LogP contribution < -0.4 is 0 Å². The lowest BCUT2D eigenvalue weighted by molar-refractivity contribution is -0.167. The summed E-state index contributed by atoms with van der Waals surface area (Å²) in [5.41, 5.74) is 0. The molecular weight excluding hydrogens is 805 g/mol. The Morgan fingerprint density at radius 2 is 0.538 bits per heavy atom. The Morgan fingerprint density at radius 3 is 0.800 bits per heavy atom. The number of hydrogen-bond acceptors (Lipinski definition) is 6. The van der Waals surface area contributed by atoms with Crippen molar-refractivity contribution in [3.8, 4) is 0 Å². The molecule has 1 unspecified atom stereocenters. The van der Waals surface area contributed by atoms with Crippen LogP contribution in [0.1, 0.15) is 324 Å². The number of hydrogen-bond donors (Lipinski definition) is 0. The monoisotopic (exact) mass is 919 g/mol. The molecule has 0 saturated carbocycles. The highest BCUT2D eigenvalue weighted by Crippen LogP contribution is 2.19. The molecule has 0 radical (unpaired) electrons. The van der Waals surface area contributed by atoms with E-state index in [0.717, 1.165) is 75.5 Å². The summed E-state index contributed by atoms with van der Waals surface area (Å²) in [6, 6.07) is 0. The number of ether oxygens (including phenoxy) is 3. The fraction of sp³-hybridized carbons (Fsp3) is 0.949. The van der Waals surface area contributed by atoms with Gasteiger partial charge in [0.2, 0.25) is 0 Å². The molecule has 0 aromatic rings. The minimum Gasteiger partial charge on any atom is -0.462 e. The second-order valence-electron chi connectivity index (χ2n) is 21.5. The van der Waals surface area contributed by atoms with Gasteiger partial charge in [0.25, 0.3) is 0 Å². The van der Waals surface area contributed by atoms with Gasteiger partial charge in [0.1, 0.15) is 13.2 Å². The second-order valence-corrected chi connectivity index (χ2v) is 21.5. The maximum absolute atomic E-state index is 12.8. The van der Waals surface area contributed by atoms with E-state index >= 15 is 0 Å². The normalized spacial score (nSPS) is 12.6. The van der Waals surface area contributed by atoms with Gasteiger partial charge < -0.3 is 14.2 Å². The molecular formula is C59H114O6. The molecule has 0 aromatic heterocycles. The largest absolute Gasteiger partial charge is 0.462 e. The molecule has 0 aliphatic heterocycles. The lowest BCUT2D eigenvalue weighted by Gasteiger charge is -2.18. The van der Waals surface area contributed by atoms with Crippen molar-refractivity contribution >= 4 is 17.9 Å². The van der Waals surface area contributed by atoms with Gasteiger partial charge in [-0.1, -0.05) is 286 Å². The smallest absolute Gasteiger partial charge is 0.306 e. The average molecular weight is 920 g/mol. The third-order valence-electron chi connectivity index (χ3n) is 13.8. The minimum atomic E-state index is -0.764. The molecule has 0 saturated heterocycles. The van der Waals surface area contributed by atoms with Gasteiger partial charge in [0.15, 0.2) is 6.10 Å². The third-order valence-corrected chi connectivity index (χ3v) is 13.8. The van der Waals surface area contributed by atoms with E-state index in [4.69, 9.17) is 14.2 Å². The van der Waals surface area contributed by atoms with Crippen LogP contribution in [0, 0.1) is 17.8 Å². The fourth-order valence-corrected chi connectivity index (χ4v) is 8.97. The van der Waals surface area contributed by atoms with Gasteiger partial charge in [0.05, 0.1) is 0 Å². The minimum absolute atomic E-state index is 0.0644. The fourth-order valence-electron chi connectivity index (χ4n) is 8.97. The number of rotatable bonds is 52. The number of carbonyl (C=O) groups is 3. The van der Waals surface area contributed by atoms with Crippen molar-refractivity contribution in [3.05, 3.63) is 0 Å². The first-order chi connectivity index (χ1) is 31.6. The van der Waals surface area contributed by atoms with Crippen LogP contribution in [0.25, 0.3) is 0 Å². The van der Waals surface area contributed by atoms with Crippen molar-refractivity contribution in [1.82, 2.24) is 0 Å². The lowest BCUT2D eigenvalue weighted by atomic mass is 9.99. The molecule has 0 N–H and O–H groups in total. The highest BCUT2D eigenvalue weighted by atomic mass is 16.6. The van der Waals surface area contributed by atoms with Crippen LogP contribution in [0.3, 0.4) is 0 Å². The Kier molecular flexibility index (Phi) is 49.1. The van der Waals surface area contributed by atoms with Crippen molar-refractivity contribution in [2.24, 2.45) is 17.8 Å². The Hall–Kier alpha value is -1.59. The van der Waals surface area contributed by atoms with Crippen molar-refractivity contribution in [1.29, 1.82) is 0 Å². The maximum Gasteiger partial charge on any atom is 0.306 e. The van der Waals surface area contributed by atoms with Crippen LogP contribution in [0.4, 0.5) is 0 Å². The molecule has 0 amide bonds. The molecule has 0 aliphatic carbocycles. The topological polar surface area (TPSA) is 78.9 Å². The van der Waals surface area contributed by atoms with Crippen LogP contribution in [0.2, 0.25) is 0 Å². The van der Waals surface area contributed by atoms with Crippen LogP contribution in [-0.2, 0) is 28.6 Å². The van der Waals surface area contributed by atoms with Crippen LogP contribution in [0.15, 0.2) is 0 Å². The van der Waals surface area contributed by atoms with E-state index in [1.165, 1.54) is 205 Å². The van der Waals surface area contributed by atoms with E-state index in [1.807, 2.05) is 0 Å². The average Bonchev–Trinajstić information content (AvgIpc) is 3.28. The highest BCUT2D eigenvalue weighted by molar-refractivity contribution is 5.71. The Labute approximate surface area is 406 Å². The Balaban J connectivity index is 4.18. The third kappa shape index (κ3) is 51.6. The van der Waals surface area contributed by atoms with Crippen molar-refractivity contribution in [2.75, 3.05) is 13.2 Å². The predicted molar refractivity (Wildman–Crippen MR) is 279 cm³/mol. The summed E-state index contributed by atoms with van der Waals surface area (Å²) in [5.74, 6) is 1.67.